The van der Waals surface area contributed by atoms with E-state index in [4.69, 9.17) is 14.7 Å². The molecule has 0 radical (unpaired) electrons. The summed E-state index contributed by atoms with van der Waals surface area (Å²) in [6, 6.07) is 7.05. The van der Waals surface area contributed by atoms with Crippen molar-refractivity contribution in [3.8, 4) is 23.4 Å². The summed E-state index contributed by atoms with van der Waals surface area (Å²) in [5.41, 5.74) is 1.26. The van der Waals surface area contributed by atoms with Gasteiger partial charge in [-0.05, 0) is 26.0 Å². The highest BCUT2D eigenvalue weighted by atomic mass is 16.5. The van der Waals surface area contributed by atoms with Gasteiger partial charge in [0.25, 0.3) is 0 Å². The van der Waals surface area contributed by atoms with E-state index in [2.05, 4.69) is 21.4 Å². The number of aromatic nitrogens is 2. The highest BCUT2D eigenvalue weighted by Gasteiger charge is 2.08. The van der Waals surface area contributed by atoms with E-state index in [1.165, 1.54) is 0 Å². The Morgan fingerprint density at radius 2 is 2.05 bits per heavy atom. The third kappa shape index (κ3) is 3.60. The van der Waals surface area contributed by atoms with Gasteiger partial charge < -0.3 is 14.8 Å². The van der Waals surface area contributed by atoms with E-state index >= 15 is 0 Å². The SMILES string of the molecule is CCNc1ncc(C)c(Oc2cc(C#N)cc(OC)c2)n1. The highest BCUT2D eigenvalue weighted by molar-refractivity contribution is 5.45. The van der Waals surface area contributed by atoms with E-state index in [0.717, 1.165) is 12.1 Å². The molecule has 0 unspecified atom stereocenters. The normalized spacial score (nSPS) is 9.81. The van der Waals surface area contributed by atoms with Crippen LogP contribution in [0.1, 0.15) is 18.1 Å². The molecule has 0 saturated carbocycles. The summed E-state index contributed by atoms with van der Waals surface area (Å²) in [6.07, 6.45) is 1.69. The first-order valence-corrected chi connectivity index (χ1v) is 6.50. The van der Waals surface area contributed by atoms with Crippen molar-refractivity contribution in [2.75, 3.05) is 19.0 Å². The molecule has 0 atom stereocenters. The van der Waals surface area contributed by atoms with E-state index < -0.39 is 0 Å². The predicted molar refractivity (Wildman–Crippen MR) is 78.7 cm³/mol. The molecule has 0 aliphatic heterocycles. The quantitative estimate of drug-likeness (QED) is 0.909. The van der Waals surface area contributed by atoms with Gasteiger partial charge in [-0.1, -0.05) is 0 Å². The fourth-order valence-electron chi connectivity index (χ4n) is 1.70. The molecule has 108 valence electrons. The van der Waals surface area contributed by atoms with Crippen LogP contribution in [0.15, 0.2) is 24.4 Å². The number of benzene rings is 1. The number of nitrogens with one attached hydrogen (secondary N) is 1. The monoisotopic (exact) mass is 284 g/mol. The van der Waals surface area contributed by atoms with Crippen LogP contribution in [0, 0.1) is 18.3 Å². The Bertz CT molecular complexity index is 680. The minimum absolute atomic E-state index is 0.443. The van der Waals surface area contributed by atoms with Gasteiger partial charge >= 0.3 is 0 Å². The maximum Gasteiger partial charge on any atom is 0.226 e. The second-order valence-corrected chi connectivity index (χ2v) is 4.32. The molecule has 1 heterocycles. The molecule has 0 saturated heterocycles. The van der Waals surface area contributed by atoms with E-state index in [0.29, 0.717) is 28.9 Å². The number of hydrogen-bond donors (Lipinski definition) is 1. The van der Waals surface area contributed by atoms with Crippen LogP contribution in [0.5, 0.6) is 17.4 Å². The van der Waals surface area contributed by atoms with Crippen LogP contribution in [0.25, 0.3) is 0 Å². The summed E-state index contributed by atoms with van der Waals surface area (Å²) in [6.45, 7) is 4.54. The minimum atomic E-state index is 0.443. The number of hydrogen-bond acceptors (Lipinski definition) is 6. The average molecular weight is 284 g/mol. The maximum atomic E-state index is 9.02. The Labute approximate surface area is 123 Å². The zero-order valence-corrected chi connectivity index (χ0v) is 12.2. The first kappa shape index (κ1) is 14.6. The van der Waals surface area contributed by atoms with Crippen molar-refractivity contribution in [1.29, 1.82) is 5.26 Å². The minimum Gasteiger partial charge on any atom is -0.497 e. The molecule has 2 rings (SSSR count). The fraction of sp³-hybridized carbons (Fsp3) is 0.267. The average Bonchev–Trinajstić information content (AvgIpc) is 2.50. The van der Waals surface area contributed by atoms with Gasteiger partial charge in [-0.15, -0.1) is 0 Å². The molecule has 6 heteroatoms. The van der Waals surface area contributed by atoms with E-state index in [1.54, 1.807) is 31.5 Å². The zero-order chi connectivity index (χ0) is 15.2. The van der Waals surface area contributed by atoms with Crippen molar-refractivity contribution in [3.05, 3.63) is 35.5 Å². The Balaban J connectivity index is 2.33. The summed E-state index contributed by atoms with van der Waals surface area (Å²) >= 11 is 0. The lowest BCUT2D eigenvalue weighted by atomic mass is 10.2. The van der Waals surface area contributed by atoms with Crippen LogP contribution in [-0.4, -0.2) is 23.6 Å². The number of aryl methyl sites for hydroxylation is 1. The fourth-order valence-corrected chi connectivity index (χ4v) is 1.70. The van der Waals surface area contributed by atoms with E-state index in [9.17, 15) is 0 Å². The van der Waals surface area contributed by atoms with Crippen molar-refractivity contribution in [3.63, 3.8) is 0 Å². The molecule has 0 bridgehead atoms. The second kappa shape index (κ2) is 6.57. The lowest BCUT2D eigenvalue weighted by molar-refractivity contribution is 0.406. The molecular weight excluding hydrogens is 268 g/mol. The van der Waals surface area contributed by atoms with Crippen LogP contribution in [0.2, 0.25) is 0 Å². The number of rotatable bonds is 5. The molecule has 1 aromatic heterocycles. The number of ether oxygens (including phenoxy) is 2. The Morgan fingerprint density at radius 3 is 2.71 bits per heavy atom. The first-order chi connectivity index (χ1) is 10.2. The Morgan fingerprint density at radius 1 is 1.29 bits per heavy atom. The summed E-state index contributed by atoms with van der Waals surface area (Å²) < 4.78 is 10.9. The molecule has 0 aliphatic carbocycles. The van der Waals surface area contributed by atoms with Crippen molar-refractivity contribution in [1.82, 2.24) is 9.97 Å². The largest absolute Gasteiger partial charge is 0.497 e. The van der Waals surface area contributed by atoms with Crippen molar-refractivity contribution in [2.45, 2.75) is 13.8 Å². The van der Waals surface area contributed by atoms with Gasteiger partial charge in [0.05, 0.1) is 18.7 Å². The summed E-state index contributed by atoms with van der Waals surface area (Å²) in [7, 11) is 1.54. The summed E-state index contributed by atoms with van der Waals surface area (Å²) in [5.74, 6) is 2.00. The van der Waals surface area contributed by atoms with Crippen LogP contribution in [0.4, 0.5) is 5.95 Å². The number of methoxy groups -OCH3 is 1. The lowest BCUT2D eigenvalue weighted by Crippen LogP contribution is -2.03. The van der Waals surface area contributed by atoms with Gasteiger partial charge in [-0.25, -0.2) is 4.98 Å². The van der Waals surface area contributed by atoms with Crippen LogP contribution >= 0.6 is 0 Å². The number of anilines is 1. The van der Waals surface area contributed by atoms with Crippen molar-refractivity contribution in [2.24, 2.45) is 0 Å². The molecule has 1 N–H and O–H groups in total. The molecule has 21 heavy (non-hydrogen) atoms. The smallest absolute Gasteiger partial charge is 0.226 e. The molecule has 0 amide bonds. The van der Waals surface area contributed by atoms with Gasteiger partial charge in [-0.3, -0.25) is 0 Å². The summed E-state index contributed by atoms with van der Waals surface area (Å²) in [4.78, 5) is 8.46. The van der Waals surface area contributed by atoms with Crippen LogP contribution in [0.3, 0.4) is 0 Å². The molecule has 1 aromatic carbocycles. The highest BCUT2D eigenvalue weighted by Crippen LogP contribution is 2.28. The van der Waals surface area contributed by atoms with Gasteiger partial charge in [0.2, 0.25) is 11.8 Å². The number of nitriles is 1. The number of nitrogens with zero attached hydrogens (tertiary/aromatic N) is 3. The van der Waals surface area contributed by atoms with Crippen LogP contribution < -0.4 is 14.8 Å². The van der Waals surface area contributed by atoms with Gasteiger partial charge in [0.15, 0.2) is 0 Å². The second-order valence-electron chi connectivity index (χ2n) is 4.32. The molecule has 0 spiro atoms. The summed E-state index contributed by atoms with van der Waals surface area (Å²) in [5, 5.41) is 12.0. The molecular formula is C15H16N4O2. The van der Waals surface area contributed by atoms with Gasteiger partial charge in [0, 0.05) is 24.4 Å². The molecule has 0 fully saturated rings. The van der Waals surface area contributed by atoms with Crippen LogP contribution in [-0.2, 0) is 0 Å². The Kier molecular flexibility index (Phi) is 4.57. The van der Waals surface area contributed by atoms with Crippen molar-refractivity contribution >= 4 is 5.95 Å². The Hall–Kier alpha value is -2.81. The third-order valence-corrected chi connectivity index (χ3v) is 2.72. The van der Waals surface area contributed by atoms with E-state index in [-0.39, 0.29) is 0 Å². The standard InChI is InChI=1S/C15H16N4O2/c1-4-17-15-18-9-10(2)14(19-15)21-13-6-11(8-16)5-12(7-13)20-3/h5-7,9H,4H2,1-3H3,(H,17,18,19). The van der Waals surface area contributed by atoms with Gasteiger partial charge in [0.1, 0.15) is 11.5 Å². The van der Waals surface area contributed by atoms with Crippen molar-refractivity contribution < 1.29 is 9.47 Å². The topological polar surface area (TPSA) is 80.1 Å². The zero-order valence-electron chi connectivity index (χ0n) is 12.2. The first-order valence-electron chi connectivity index (χ1n) is 6.50. The predicted octanol–water partition coefficient (Wildman–Crippen LogP) is 2.89. The van der Waals surface area contributed by atoms with E-state index in [1.807, 2.05) is 13.8 Å². The third-order valence-electron chi connectivity index (χ3n) is 2.72. The van der Waals surface area contributed by atoms with Gasteiger partial charge in [-0.2, -0.15) is 10.2 Å². The molecule has 0 aliphatic rings. The lowest BCUT2D eigenvalue weighted by Gasteiger charge is -2.10. The molecule has 6 nitrogen and oxygen atoms in total. The maximum absolute atomic E-state index is 9.02. The molecule has 2 aromatic rings.